The summed E-state index contributed by atoms with van der Waals surface area (Å²) in [5.41, 5.74) is 1.01. The largest absolute Gasteiger partial charge is 0.449 e. The lowest BCUT2D eigenvalue weighted by molar-refractivity contribution is 0.0998. The molecule has 0 saturated carbocycles. The van der Waals surface area contributed by atoms with E-state index in [2.05, 4.69) is 5.32 Å². The van der Waals surface area contributed by atoms with E-state index < -0.39 is 17.5 Å². The minimum absolute atomic E-state index is 0.00783. The Bertz CT molecular complexity index is 869. The van der Waals surface area contributed by atoms with Crippen LogP contribution in [0.4, 0.5) is 14.5 Å². The SMILES string of the molecule is Cc1c(C(=O)Nc2cc(F)cc(F)c2)oc2c(Cl)cccc12. The van der Waals surface area contributed by atoms with Gasteiger partial charge in [0.25, 0.3) is 5.91 Å². The fourth-order valence-corrected chi connectivity index (χ4v) is 2.45. The van der Waals surface area contributed by atoms with Gasteiger partial charge in [0.05, 0.1) is 5.02 Å². The molecule has 1 aromatic heterocycles. The standard InChI is InChI=1S/C16H10ClF2NO2/c1-8-12-3-2-4-13(17)15(12)22-14(8)16(21)20-11-6-9(18)5-10(19)7-11/h2-7H,1H3,(H,20,21). The molecule has 0 unspecified atom stereocenters. The summed E-state index contributed by atoms with van der Waals surface area (Å²) >= 11 is 6.02. The molecule has 0 bridgehead atoms. The van der Waals surface area contributed by atoms with E-state index >= 15 is 0 Å². The van der Waals surface area contributed by atoms with Crippen molar-refractivity contribution in [1.29, 1.82) is 0 Å². The molecule has 0 aliphatic rings. The predicted molar refractivity (Wildman–Crippen MR) is 80.3 cm³/mol. The maximum atomic E-state index is 13.1. The van der Waals surface area contributed by atoms with E-state index in [0.717, 1.165) is 18.2 Å². The van der Waals surface area contributed by atoms with Crippen LogP contribution < -0.4 is 5.32 Å². The number of anilines is 1. The van der Waals surface area contributed by atoms with Crippen molar-refractivity contribution < 1.29 is 18.0 Å². The van der Waals surface area contributed by atoms with Crippen LogP contribution in [-0.4, -0.2) is 5.91 Å². The van der Waals surface area contributed by atoms with Crippen LogP contribution in [0.5, 0.6) is 0 Å². The Morgan fingerprint density at radius 1 is 1.18 bits per heavy atom. The van der Waals surface area contributed by atoms with Gasteiger partial charge in [-0.15, -0.1) is 0 Å². The van der Waals surface area contributed by atoms with Gasteiger partial charge in [-0.3, -0.25) is 4.79 Å². The van der Waals surface area contributed by atoms with E-state index in [0.29, 0.717) is 21.6 Å². The zero-order chi connectivity index (χ0) is 15.9. The molecule has 3 rings (SSSR count). The second-order valence-corrected chi connectivity index (χ2v) is 5.19. The molecular weight excluding hydrogens is 312 g/mol. The average molecular weight is 322 g/mol. The number of hydrogen-bond donors (Lipinski definition) is 1. The molecule has 0 atom stereocenters. The number of benzene rings is 2. The smallest absolute Gasteiger partial charge is 0.291 e. The highest BCUT2D eigenvalue weighted by molar-refractivity contribution is 6.35. The average Bonchev–Trinajstić information content (AvgIpc) is 2.77. The van der Waals surface area contributed by atoms with Crippen LogP contribution in [0.25, 0.3) is 11.0 Å². The topological polar surface area (TPSA) is 42.2 Å². The molecule has 2 aromatic carbocycles. The van der Waals surface area contributed by atoms with Gasteiger partial charge in [0.15, 0.2) is 11.3 Å². The van der Waals surface area contributed by atoms with E-state index in [1.807, 2.05) is 0 Å². The number of aryl methyl sites for hydroxylation is 1. The number of rotatable bonds is 2. The van der Waals surface area contributed by atoms with Crippen molar-refractivity contribution in [2.24, 2.45) is 0 Å². The van der Waals surface area contributed by atoms with Crippen LogP contribution in [0.2, 0.25) is 5.02 Å². The quantitative estimate of drug-likeness (QED) is 0.727. The summed E-state index contributed by atoms with van der Waals surface area (Å²) in [6.45, 7) is 1.71. The van der Waals surface area contributed by atoms with Crippen molar-refractivity contribution in [2.45, 2.75) is 6.92 Å². The van der Waals surface area contributed by atoms with Crippen LogP contribution in [0.3, 0.4) is 0 Å². The molecule has 0 radical (unpaired) electrons. The van der Waals surface area contributed by atoms with E-state index in [4.69, 9.17) is 16.0 Å². The molecule has 1 heterocycles. The first-order chi connectivity index (χ1) is 10.5. The third kappa shape index (κ3) is 2.55. The van der Waals surface area contributed by atoms with E-state index in [1.165, 1.54) is 0 Å². The number of nitrogens with one attached hydrogen (secondary N) is 1. The zero-order valence-electron chi connectivity index (χ0n) is 11.4. The van der Waals surface area contributed by atoms with Gasteiger partial charge < -0.3 is 9.73 Å². The number of halogens is 3. The van der Waals surface area contributed by atoms with Gasteiger partial charge in [-0.2, -0.15) is 0 Å². The van der Waals surface area contributed by atoms with Crippen molar-refractivity contribution in [2.75, 3.05) is 5.32 Å². The summed E-state index contributed by atoms with van der Waals surface area (Å²) in [5, 5.41) is 3.50. The van der Waals surface area contributed by atoms with Crippen LogP contribution in [0, 0.1) is 18.6 Å². The number of carbonyl (C=O) groups excluding carboxylic acids is 1. The van der Waals surface area contributed by atoms with Gasteiger partial charge in [0.1, 0.15) is 11.6 Å². The van der Waals surface area contributed by atoms with Crippen LogP contribution >= 0.6 is 11.6 Å². The molecule has 6 heteroatoms. The third-order valence-corrected chi connectivity index (χ3v) is 3.54. The van der Waals surface area contributed by atoms with Gasteiger partial charge in [0.2, 0.25) is 0 Å². The molecule has 0 aliphatic heterocycles. The second-order valence-electron chi connectivity index (χ2n) is 4.78. The van der Waals surface area contributed by atoms with Gasteiger partial charge >= 0.3 is 0 Å². The first kappa shape index (κ1) is 14.5. The van der Waals surface area contributed by atoms with Crippen molar-refractivity contribution in [3.8, 4) is 0 Å². The van der Waals surface area contributed by atoms with Gasteiger partial charge in [-0.25, -0.2) is 8.78 Å². The zero-order valence-corrected chi connectivity index (χ0v) is 12.2. The molecule has 0 fully saturated rings. The number of hydrogen-bond acceptors (Lipinski definition) is 2. The fraction of sp³-hybridized carbons (Fsp3) is 0.0625. The highest BCUT2D eigenvalue weighted by Crippen LogP contribution is 2.31. The Kier molecular flexibility index (Phi) is 3.58. The summed E-state index contributed by atoms with van der Waals surface area (Å²) in [4.78, 5) is 12.2. The molecule has 1 amide bonds. The number of para-hydroxylation sites is 1. The minimum atomic E-state index is -0.778. The molecule has 3 aromatic rings. The van der Waals surface area contributed by atoms with Crippen molar-refractivity contribution in [3.63, 3.8) is 0 Å². The van der Waals surface area contributed by atoms with Crippen molar-refractivity contribution in [1.82, 2.24) is 0 Å². The lowest BCUT2D eigenvalue weighted by atomic mass is 10.1. The lowest BCUT2D eigenvalue weighted by Gasteiger charge is -2.04. The Labute approximate surface area is 129 Å². The Morgan fingerprint density at radius 3 is 2.50 bits per heavy atom. The van der Waals surface area contributed by atoms with Crippen LogP contribution in [-0.2, 0) is 0 Å². The molecule has 3 nitrogen and oxygen atoms in total. The number of fused-ring (bicyclic) bond motifs is 1. The monoisotopic (exact) mass is 321 g/mol. The maximum absolute atomic E-state index is 13.1. The summed E-state index contributed by atoms with van der Waals surface area (Å²) in [6, 6.07) is 7.94. The molecule has 112 valence electrons. The molecule has 0 aliphatic carbocycles. The second kappa shape index (κ2) is 5.42. The maximum Gasteiger partial charge on any atom is 0.291 e. The number of furan rings is 1. The molecule has 22 heavy (non-hydrogen) atoms. The van der Waals surface area contributed by atoms with Crippen LogP contribution in [0.15, 0.2) is 40.8 Å². The van der Waals surface area contributed by atoms with E-state index in [9.17, 15) is 13.6 Å². The predicted octanol–water partition coefficient (Wildman–Crippen LogP) is 4.93. The fourth-order valence-electron chi connectivity index (χ4n) is 2.24. The molecule has 0 spiro atoms. The van der Waals surface area contributed by atoms with Crippen molar-refractivity contribution >= 4 is 34.2 Å². The van der Waals surface area contributed by atoms with Gasteiger partial charge in [-0.05, 0) is 25.1 Å². The molecule has 0 saturated heterocycles. The highest BCUT2D eigenvalue weighted by Gasteiger charge is 2.19. The summed E-state index contributed by atoms with van der Waals surface area (Å²) in [7, 11) is 0. The van der Waals surface area contributed by atoms with E-state index in [1.54, 1.807) is 25.1 Å². The lowest BCUT2D eigenvalue weighted by Crippen LogP contribution is -2.12. The van der Waals surface area contributed by atoms with E-state index in [-0.39, 0.29) is 11.4 Å². The third-order valence-electron chi connectivity index (χ3n) is 3.24. The summed E-state index contributed by atoms with van der Waals surface area (Å²) < 4.78 is 31.8. The van der Waals surface area contributed by atoms with Crippen LogP contribution in [0.1, 0.15) is 16.1 Å². The highest BCUT2D eigenvalue weighted by atomic mass is 35.5. The van der Waals surface area contributed by atoms with Crippen molar-refractivity contribution in [3.05, 3.63) is 64.4 Å². The Balaban J connectivity index is 1.99. The first-order valence-electron chi connectivity index (χ1n) is 6.41. The number of carbonyl (C=O) groups is 1. The Hall–Kier alpha value is -2.40. The Morgan fingerprint density at radius 2 is 1.86 bits per heavy atom. The normalized spacial score (nSPS) is 10.9. The first-order valence-corrected chi connectivity index (χ1v) is 6.78. The summed E-state index contributed by atoms with van der Waals surface area (Å²) in [5.74, 6) is -2.11. The molecule has 1 N–H and O–H groups in total. The minimum Gasteiger partial charge on any atom is -0.449 e. The van der Waals surface area contributed by atoms with Gasteiger partial charge in [-0.1, -0.05) is 23.7 Å². The summed E-state index contributed by atoms with van der Waals surface area (Å²) in [6.07, 6.45) is 0. The van der Waals surface area contributed by atoms with Gasteiger partial charge in [0, 0.05) is 22.7 Å². The number of amides is 1. The molecular formula is C16H10ClF2NO2.